The lowest BCUT2D eigenvalue weighted by molar-refractivity contribution is 0.0642. The molecule has 1 N–H and O–H groups in total. The lowest BCUT2D eigenvalue weighted by atomic mass is 10.1. The van der Waals surface area contributed by atoms with Crippen molar-refractivity contribution in [2.75, 3.05) is 7.11 Å². The van der Waals surface area contributed by atoms with Crippen molar-refractivity contribution in [2.24, 2.45) is 5.11 Å². The Kier molecular flexibility index (Phi) is 3.42. The number of carbonyl (C=O) groups excluding carboxylic acids is 2. The van der Waals surface area contributed by atoms with E-state index < -0.39 is 0 Å². The van der Waals surface area contributed by atoms with Crippen molar-refractivity contribution < 1.29 is 14.3 Å². The zero-order valence-electron chi connectivity index (χ0n) is 11.9. The Morgan fingerprint density at radius 2 is 1.73 bits per heavy atom. The fourth-order valence-corrected chi connectivity index (χ4v) is 2.49. The maximum atomic E-state index is 12.3. The molecule has 0 saturated heterocycles. The second-order valence-corrected chi connectivity index (χ2v) is 4.86. The Labute approximate surface area is 126 Å². The molecule has 0 bridgehead atoms. The fraction of sp³-hybridized carbons (Fsp3) is 0.125. The van der Waals surface area contributed by atoms with Crippen LogP contribution in [-0.2, 0) is 6.54 Å². The molecule has 0 spiro atoms. The number of benzene rings is 2. The zero-order chi connectivity index (χ0) is 15.7. The molecule has 0 radical (unpaired) electrons. The standard InChI is InChI=1S/C16H13N3O3/c1-22-14-7-6-10(8-13(14)18-17)9-19-15(20)11-4-2-3-5-12(11)16(19)21/h2-8,17H,9H2,1H3. The van der Waals surface area contributed by atoms with Crippen molar-refractivity contribution in [3.63, 3.8) is 0 Å². The van der Waals surface area contributed by atoms with Crippen LogP contribution in [0.25, 0.3) is 0 Å². The van der Waals surface area contributed by atoms with Gasteiger partial charge in [-0.1, -0.05) is 18.2 Å². The Bertz CT molecular complexity index is 751. The SMILES string of the molecule is COc1ccc(CN2C(=O)c3ccccc3C2=O)cc1N=N. The summed E-state index contributed by atoms with van der Waals surface area (Å²) < 4.78 is 5.09. The summed E-state index contributed by atoms with van der Waals surface area (Å²) >= 11 is 0. The lowest BCUT2D eigenvalue weighted by Crippen LogP contribution is -2.29. The number of hydrogen-bond acceptors (Lipinski definition) is 5. The summed E-state index contributed by atoms with van der Waals surface area (Å²) in [5, 5.41) is 3.39. The molecule has 1 aliphatic rings. The van der Waals surface area contributed by atoms with Crippen molar-refractivity contribution in [3.8, 4) is 5.75 Å². The molecule has 0 unspecified atom stereocenters. The van der Waals surface area contributed by atoms with Crippen LogP contribution in [0, 0.1) is 5.53 Å². The van der Waals surface area contributed by atoms with Gasteiger partial charge in [0.15, 0.2) is 0 Å². The topological polar surface area (TPSA) is 82.8 Å². The van der Waals surface area contributed by atoms with Crippen LogP contribution >= 0.6 is 0 Å². The first kappa shape index (κ1) is 13.9. The molecule has 110 valence electrons. The molecule has 3 rings (SSSR count). The maximum absolute atomic E-state index is 12.3. The van der Waals surface area contributed by atoms with Crippen LogP contribution in [0.1, 0.15) is 26.3 Å². The number of methoxy groups -OCH3 is 1. The number of rotatable bonds is 4. The lowest BCUT2D eigenvalue weighted by Gasteiger charge is -2.14. The van der Waals surface area contributed by atoms with Gasteiger partial charge in [0.2, 0.25) is 0 Å². The number of imide groups is 1. The monoisotopic (exact) mass is 295 g/mol. The van der Waals surface area contributed by atoms with Crippen molar-refractivity contribution in [2.45, 2.75) is 6.54 Å². The molecule has 6 heteroatoms. The van der Waals surface area contributed by atoms with Crippen LogP contribution in [0.3, 0.4) is 0 Å². The van der Waals surface area contributed by atoms with Gasteiger partial charge in [-0.25, -0.2) is 5.53 Å². The van der Waals surface area contributed by atoms with E-state index in [0.717, 1.165) is 0 Å². The van der Waals surface area contributed by atoms with Gasteiger partial charge in [0.25, 0.3) is 11.8 Å². The summed E-state index contributed by atoms with van der Waals surface area (Å²) in [6.07, 6.45) is 0. The van der Waals surface area contributed by atoms with Gasteiger partial charge in [0.1, 0.15) is 11.4 Å². The molecule has 1 aliphatic heterocycles. The van der Waals surface area contributed by atoms with Gasteiger partial charge in [-0.15, -0.1) is 0 Å². The van der Waals surface area contributed by atoms with Crippen molar-refractivity contribution in [3.05, 3.63) is 59.2 Å². The first-order chi connectivity index (χ1) is 10.7. The number of hydrogen-bond donors (Lipinski definition) is 1. The van der Waals surface area contributed by atoms with Gasteiger partial charge >= 0.3 is 0 Å². The molecule has 0 atom stereocenters. The smallest absolute Gasteiger partial charge is 0.261 e. The van der Waals surface area contributed by atoms with E-state index in [1.165, 1.54) is 12.0 Å². The molecule has 2 amide bonds. The molecule has 22 heavy (non-hydrogen) atoms. The van der Waals surface area contributed by atoms with Gasteiger partial charge in [-0.2, -0.15) is 5.11 Å². The number of amides is 2. The minimum absolute atomic E-state index is 0.138. The highest BCUT2D eigenvalue weighted by Gasteiger charge is 2.34. The summed E-state index contributed by atoms with van der Waals surface area (Å²) in [6, 6.07) is 11.8. The van der Waals surface area contributed by atoms with Crippen molar-refractivity contribution in [1.29, 1.82) is 5.53 Å². The molecule has 0 aliphatic carbocycles. The van der Waals surface area contributed by atoms with Crippen LogP contribution in [0.2, 0.25) is 0 Å². The van der Waals surface area contributed by atoms with Gasteiger partial charge in [-0.05, 0) is 29.8 Å². The van der Waals surface area contributed by atoms with Gasteiger partial charge in [0.05, 0.1) is 24.8 Å². The maximum Gasteiger partial charge on any atom is 0.261 e. The average Bonchev–Trinajstić information content (AvgIpc) is 2.80. The third-order valence-electron chi connectivity index (χ3n) is 3.58. The molecular weight excluding hydrogens is 282 g/mol. The van der Waals surface area contributed by atoms with E-state index in [-0.39, 0.29) is 18.4 Å². The van der Waals surface area contributed by atoms with E-state index in [9.17, 15) is 9.59 Å². The molecular formula is C16H13N3O3. The summed E-state index contributed by atoms with van der Waals surface area (Å²) in [7, 11) is 1.49. The molecule has 1 heterocycles. The van der Waals surface area contributed by atoms with Crippen LogP contribution < -0.4 is 4.74 Å². The number of carbonyl (C=O) groups is 2. The molecule has 2 aromatic carbocycles. The zero-order valence-corrected chi connectivity index (χ0v) is 11.9. The third kappa shape index (κ3) is 2.14. The number of fused-ring (bicyclic) bond motifs is 1. The normalized spacial score (nSPS) is 13.2. The second kappa shape index (κ2) is 5.40. The Morgan fingerprint density at radius 1 is 1.09 bits per heavy atom. The molecule has 0 aromatic heterocycles. The predicted octanol–water partition coefficient (Wildman–Crippen LogP) is 3.15. The summed E-state index contributed by atoms with van der Waals surface area (Å²) in [5.74, 6) is -0.136. The first-order valence-corrected chi connectivity index (χ1v) is 6.65. The highest BCUT2D eigenvalue weighted by Crippen LogP contribution is 2.30. The fourth-order valence-electron chi connectivity index (χ4n) is 2.49. The van der Waals surface area contributed by atoms with Crippen LogP contribution in [0.5, 0.6) is 5.75 Å². The third-order valence-corrected chi connectivity index (χ3v) is 3.58. The average molecular weight is 295 g/mol. The quantitative estimate of drug-likeness (QED) is 0.694. The van der Waals surface area contributed by atoms with Gasteiger partial charge < -0.3 is 4.74 Å². The number of nitrogens with zero attached hydrogens (tertiary/aromatic N) is 2. The van der Waals surface area contributed by atoms with Crippen molar-refractivity contribution in [1.82, 2.24) is 4.90 Å². The molecule has 2 aromatic rings. The Morgan fingerprint density at radius 3 is 2.27 bits per heavy atom. The highest BCUT2D eigenvalue weighted by molar-refractivity contribution is 6.21. The van der Waals surface area contributed by atoms with Crippen LogP contribution in [0.15, 0.2) is 47.6 Å². The number of nitrogens with one attached hydrogen (secondary N) is 1. The minimum Gasteiger partial charge on any atom is -0.494 e. The van der Waals surface area contributed by atoms with Crippen LogP contribution in [0.4, 0.5) is 5.69 Å². The second-order valence-electron chi connectivity index (χ2n) is 4.86. The molecule has 0 fully saturated rings. The summed E-state index contributed by atoms with van der Waals surface area (Å²) in [6.45, 7) is 0.138. The van der Waals surface area contributed by atoms with Crippen molar-refractivity contribution >= 4 is 17.5 Å². The first-order valence-electron chi connectivity index (χ1n) is 6.65. The predicted molar refractivity (Wildman–Crippen MR) is 78.4 cm³/mol. The number of ether oxygens (including phenoxy) is 1. The highest BCUT2D eigenvalue weighted by atomic mass is 16.5. The Balaban J connectivity index is 1.90. The van der Waals surface area contributed by atoms with E-state index in [1.807, 2.05) is 0 Å². The van der Waals surface area contributed by atoms with E-state index >= 15 is 0 Å². The summed E-state index contributed by atoms with van der Waals surface area (Å²) in [5.41, 5.74) is 9.06. The van der Waals surface area contributed by atoms with E-state index in [0.29, 0.717) is 28.1 Å². The summed E-state index contributed by atoms with van der Waals surface area (Å²) in [4.78, 5) is 25.8. The van der Waals surface area contributed by atoms with E-state index in [2.05, 4.69) is 5.11 Å². The minimum atomic E-state index is -0.305. The van der Waals surface area contributed by atoms with E-state index in [1.54, 1.807) is 42.5 Å². The largest absolute Gasteiger partial charge is 0.494 e. The van der Waals surface area contributed by atoms with E-state index in [4.69, 9.17) is 10.3 Å². The van der Waals surface area contributed by atoms with Crippen LogP contribution in [-0.4, -0.2) is 23.8 Å². The molecule has 6 nitrogen and oxygen atoms in total. The van der Waals surface area contributed by atoms with Gasteiger partial charge in [-0.3, -0.25) is 14.5 Å². The molecule has 0 saturated carbocycles. The Hall–Kier alpha value is -3.02. The van der Waals surface area contributed by atoms with Gasteiger partial charge in [0, 0.05) is 0 Å².